The Morgan fingerprint density at radius 3 is 2.19 bits per heavy atom. The van der Waals surface area contributed by atoms with Crippen LogP contribution in [0, 0.1) is 0 Å². The molecule has 0 saturated heterocycles. The van der Waals surface area contributed by atoms with Crippen LogP contribution >= 0.6 is 11.3 Å². The number of ketones is 2. The van der Waals surface area contributed by atoms with Gasteiger partial charge in [0.05, 0.1) is 0 Å². The van der Waals surface area contributed by atoms with Gasteiger partial charge in [0, 0.05) is 12.0 Å². The highest BCUT2D eigenvalue weighted by atomic mass is 32.1. The quantitative estimate of drug-likeness (QED) is 0.652. The van der Waals surface area contributed by atoms with Gasteiger partial charge in [-0.3, -0.25) is 9.59 Å². The Morgan fingerprint density at radius 1 is 0.938 bits per heavy atom. The molecule has 3 heteroatoms. The Kier molecular flexibility index (Phi) is 3.27. The summed E-state index contributed by atoms with van der Waals surface area (Å²) in [7, 11) is 0. The molecular formula is C13H10O2S. The smallest absolute Gasteiger partial charge is 0.229 e. The normalized spacial score (nSPS) is 13.0. The Hall–Kier alpha value is -1.74. The van der Waals surface area contributed by atoms with Gasteiger partial charge >= 0.3 is 0 Å². The fraction of sp³-hybridized carbons (Fsp3) is 0.0769. The van der Waals surface area contributed by atoms with E-state index in [2.05, 4.69) is 0 Å². The minimum absolute atomic E-state index is 0.286. The zero-order valence-electron chi connectivity index (χ0n) is 8.55. The molecule has 0 saturated carbocycles. The minimum Gasteiger partial charge on any atom is -0.290 e. The van der Waals surface area contributed by atoms with Crippen LogP contribution in [0.5, 0.6) is 0 Å². The zero-order chi connectivity index (χ0) is 11.4. The van der Waals surface area contributed by atoms with Gasteiger partial charge in [0.25, 0.3) is 0 Å². The summed E-state index contributed by atoms with van der Waals surface area (Å²) < 4.78 is 0. The fourth-order valence-corrected chi connectivity index (χ4v) is 1.98. The van der Waals surface area contributed by atoms with E-state index in [1.165, 1.54) is 0 Å². The molecule has 0 fully saturated rings. The summed E-state index contributed by atoms with van der Waals surface area (Å²) in [5, 5.41) is 4.08. The lowest BCUT2D eigenvalue weighted by Crippen LogP contribution is -2.05. The molecule has 0 bridgehead atoms. The first-order valence-corrected chi connectivity index (χ1v) is 5.86. The lowest BCUT2D eigenvalue weighted by molar-refractivity contribution is -0.114. The van der Waals surface area contributed by atoms with Gasteiger partial charge in [0.15, 0.2) is 0 Å². The van der Waals surface area contributed by atoms with Crippen LogP contribution in [0.1, 0.15) is 15.9 Å². The predicted octanol–water partition coefficient (Wildman–Crippen LogP) is 2.74. The van der Waals surface area contributed by atoms with Crippen molar-refractivity contribution in [2.75, 3.05) is 0 Å². The molecule has 2 nitrogen and oxygen atoms in total. The van der Waals surface area contributed by atoms with Gasteiger partial charge in [-0.25, -0.2) is 0 Å². The second-order valence-electron chi connectivity index (χ2n) is 3.38. The number of thiophene rings is 1. The molecule has 0 atom stereocenters. The maximum Gasteiger partial charge on any atom is 0.229 e. The number of rotatable bonds is 0. The van der Waals surface area contributed by atoms with Crippen LogP contribution in [0.15, 0.2) is 47.2 Å². The van der Waals surface area contributed by atoms with Gasteiger partial charge in [-0.05, 0) is 16.3 Å². The summed E-state index contributed by atoms with van der Waals surface area (Å²) in [6.07, 6.45) is 0.287. The Morgan fingerprint density at radius 2 is 1.62 bits per heavy atom. The molecule has 1 heterocycles. The number of carbonyl (C=O) groups excluding carboxylic acids is 2. The van der Waals surface area contributed by atoms with E-state index in [1.54, 1.807) is 23.5 Å². The van der Waals surface area contributed by atoms with E-state index in [9.17, 15) is 9.59 Å². The lowest BCUT2D eigenvalue weighted by Gasteiger charge is -1.90. The monoisotopic (exact) mass is 230 g/mol. The number of Topliss-reactive ketones (excluding diaryl/α,β-unsaturated/α-hetero) is 2. The van der Waals surface area contributed by atoms with Crippen molar-refractivity contribution in [2.24, 2.45) is 0 Å². The second kappa shape index (κ2) is 4.86. The largest absolute Gasteiger partial charge is 0.290 e. The second-order valence-corrected chi connectivity index (χ2v) is 4.20. The number of fused-ring (bicyclic) bond motifs is 1. The summed E-state index contributed by atoms with van der Waals surface area (Å²) in [4.78, 5) is 21.9. The van der Waals surface area contributed by atoms with Crippen molar-refractivity contribution in [1.29, 1.82) is 0 Å². The van der Waals surface area contributed by atoms with E-state index in [4.69, 9.17) is 0 Å². The first kappa shape index (κ1) is 10.8. The highest BCUT2D eigenvalue weighted by Gasteiger charge is 2.26. The van der Waals surface area contributed by atoms with Crippen molar-refractivity contribution in [3.05, 3.63) is 58.3 Å². The number of hydrogen-bond acceptors (Lipinski definition) is 3. The summed E-state index contributed by atoms with van der Waals surface area (Å²) >= 11 is 1.71. The molecule has 0 N–H and O–H groups in total. The summed E-state index contributed by atoms with van der Waals surface area (Å²) in [6, 6.07) is 11.2. The molecule has 0 radical (unpaired) electrons. The number of carbonyl (C=O) groups is 2. The highest BCUT2D eigenvalue weighted by molar-refractivity contribution is 7.07. The molecule has 1 aliphatic rings. The molecule has 0 spiro atoms. The van der Waals surface area contributed by atoms with Gasteiger partial charge in [0.1, 0.15) is 0 Å². The van der Waals surface area contributed by atoms with Crippen LogP contribution in [0.25, 0.3) is 0 Å². The lowest BCUT2D eigenvalue weighted by atomic mass is 10.1. The molecule has 3 rings (SSSR count). The fourth-order valence-electron chi connectivity index (χ4n) is 1.53. The molecule has 0 aliphatic heterocycles. The standard InChI is InChI=1S/C9H6O2.C4H4S/c10-8-5-6-3-1-2-4-7(6)9(8)11;1-2-4-5-3-1/h1-4H,5H2;1-4H. The molecule has 80 valence electrons. The maximum absolute atomic E-state index is 11.0. The third-order valence-electron chi connectivity index (χ3n) is 2.29. The van der Waals surface area contributed by atoms with Gasteiger partial charge in [0.2, 0.25) is 11.6 Å². The first-order chi connectivity index (χ1) is 7.79. The van der Waals surface area contributed by atoms with Crippen LogP contribution in [0.2, 0.25) is 0 Å². The number of benzene rings is 1. The van der Waals surface area contributed by atoms with E-state index in [1.807, 2.05) is 35.0 Å². The molecule has 1 aromatic heterocycles. The van der Waals surface area contributed by atoms with Crippen molar-refractivity contribution < 1.29 is 9.59 Å². The summed E-state index contributed by atoms with van der Waals surface area (Å²) in [5.41, 5.74) is 1.44. The molecule has 0 unspecified atom stereocenters. The van der Waals surface area contributed by atoms with Crippen LogP contribution in [0.4, 0.5) is 0 Å². The third kappa shape index (κ3) is 2.25. The van der Waals surface area contributed by atoms with Crippen LogP contribution in [-0.2, 0) is 11.2 Å². The molecule has 0 amide bonds. The van der Waals surface area contributed by atoms with Gasteiger partial charge in [-0.15, -0.1) is 0 Å². The van der Waals surface area contributed by atoms with Gasteiger partial charge in [-0.2, -0.15) is 11.3 Å². The molecular weight excluding hydrogens is 220 g/mol. The summed E-state index contributed by atoms with van der Waals surface area (Å²) in [5.74, 6) is -0.619. The maximum atomic E-state index is 11.0. The van der Waals surface area contributed by atoms with Crippen molar-refractivity contribution >= 4 is 22.9 Å². The molecule has 1 aliphatic carbocycles. The first-order valence-electron chi connectivity index (χ1n) is 4.91. The zero-order valence-corrected chi connectivity index (χ0v) is 9.37. The van der Waals surface area contributed by atoms with E-state index >= 15 is 0 Å². The Labute approximate surface area is 97.5 Å². The number of hydrogen-bond donors (Lipinski definition) is 0. The van der Waals surface area contributed by atoms with E-state index < -0.39 is 0 Å². The molecule has 2 aromatic rings. The minimum atomic E-state index is -0.333. The van der Waals surface area contributed by atoms with Gasteiger partial charge < -0.3 is 0 Å². The van der Waals surface area contributed by atoms with Crippen LogP contribution < -0.4 is 0 Å². The van der Waals surface area contributed by atoms with E-state index in [0.29, 0.717) is 5.56 Å². The average Bonchev–Trinajstić information content (AvgIpc) is 2.93. The van der Waals surface area contributed by atoms with Crippen molar-refractivity contribution in [3.63, 3.8) is 0 Å². The predicted molar refractivity (Wildman–Crippen MR) is 63.8 cm³/mol. The highest BCUT2D eigenvalue weighted by Crippen LogP contribution is 2.18. The topological polar surface area (TPSA) is 34.1 Å². The average molecular weight is 230 g/mol. The summed E-state index contributed by atoms with van der Waals surface area (Å²) in [6.45, 7) is 0. The molecule has 1 aromatic carbocycles. The Balaban J connectivity index is 0.000000162. The van der Waals surface area contributed by atoms with Crippen molar-refractivity contribution in [1.82, 2.24) is 0 Å². The van der Waals surface area contributed by atoms with Crippen molar-refractivity contribution in [3.8, 4) is 0 Å². The van der Waals surface area contributed by atoms with Gasteiger partial charge in [-0.1, -0.05) is 36.4 Å². The van der Waals surface area contributed by atoms with E-state index in [0.717, 1.165) is 5.56 Å². The van der Waals surface area contributed by atoms with Crippen LogP contribution in [0.3, 0.4) is 0 Å². The SMILES string of the molecule is O=C1Cc2ccccc2C1=O.c1ccsc1. The van der Waals surface area contributed by atoms with Crippen LogP contribution in [-0.4, -0.2) is 11.6 Å². The molecule has 16 heavy (non-hydrogen) atoms. The third-order valence-corrected chi connectivity index (χ3v) is 2.92. The Bertz CT molecular complexity index is 483. The van der Waals surface area contributed by atoms with Crippen molar-refractivity contribution in [2.45, 2.75) is 6.42 Å². The van der Waals surface area contributed by atoms with E-state index in [-0.39, 0.29) is 18.0 Å².